The number of carboxylic acid groups (broad SMARTS) is 1. The fourth-order valence-corrected chi connectivity index (χ4v) is 3.30. The van der Waals surface area contributed by atoms with E-state index in [1.807, 2.05) is 18.2 Å². The highest BCUT2D eigenvalue weighted by Gasteiger charge is 2.24. The lowest BCUT2D eigenvalue weighted by Gasteiger charge is -2.17. The van der Waals surface area contributed by atoms with Gasteiger partial charge in [-0.1, -0.05) is 12.1 Å². The van der Waals surface area contributed by atoms with Crippen molar-refractivity contribution in [2.24, 2.45) is 0 Å². The summed E-state index contributed by atoms with van der Waals surface area (Å²) in [6.45, 7) is 0. The van der Waals surface area contributed by atoms with Gasteiger partial charge in [0, 0.05) is 13.7 Å². The van der Waals surface area contributed by atoms with E-state index in [0.717, 1.165) is 3.57 Å². The van der Waals surface area contributed by atoms with Crippen molar-refractivity contribution in [2.45, 2.75) is 0 Å². The summed E-state index contributed by atoms with van der Waals surface area (Å²) in [5, 5.41) is 15.0. The summed E-state index contributed by atoms with van der Waals surface area (Å²) in [5.74, 6) is -1.14. The first-order chi connectivity index (χ1) is 11.9. The molecule has 0 aliphatic carbocycles. The smallest absolute Gasteiger partial charge is 0.337 e. The molecular formula is C17H10BrIN2O4. The van der Waals surface area contributed by atoms with Gasteiger partial charge in [-0.2, -0.15) is 0 Å². The Morgan fingerprint density at radius 1 is 0.960 bits per heavy atom. The highest BCUT2D eigenvalue weighted by Crippen LogP contribution is 2.32. The molecule has 0 heterocycles. The molecule has 0 fully saturated rings. The number of hydrogen-bond donors (Lipinski definition) is 3. The Balaban J connectivity index is 1.99. The van der Waals surface area contributed by atoms with Crippen LogP contribution in [0.2, 0.25) is 0 Å². The van der Waals surface area contributed by atoms with Gasteiger partial charge in [0.1, 0.15) is 11.4 Å². The Morgan fingerprint density at radius 2 is 1.60 bits per heavy atom. The molecule has 0 aliphatic heterocycles. The highest BCUT2D eigenvalue weighted by atomic mass is 127. The van der Waals surface area contributed by atoms with E-state index in [2.05, 4.69) is 49.2 Å². The molecule has 0 saturated carbocycles. The van der Waals surface area contributed by atoms with E-state index in [-0.39, 0.29) is 22.6 Å². The number of carbonyl (C=O) groups is 1. The average molecular weight is 513 g/mol. The molecule has 0 bridgehead atoms. The first-order valence-electron chi connectivity index (χ1n) is 7.03. The monoisotopic (exact) mass is 512 g/mol. The minimum atomic E-state index is -1.14. The zero-order valence-corrected chi connectivity index (χ0v) is 16.2. The van der Waals surface area contributed by atoms with Gasteiger partial charge in [-0.3, -0.25) is 9.59 Å². The molecule has 0 radical (unpaired) electrons. The predicted octanol–water partition coefficient (Wildman–Crippen LogP) is 3.84. The van der Waals surface area contributed by atoms with Crippen LogP contribution in [-0.4, -0.2) is 11.1 Å². The second kappa shape index (κ2) is 6.96. The molecule has 0 aliphatic rings. The summed E-state index contributed by atoms with van der Waals surface area (Å²) >= 11 is 5.40. The largest absolute Gasteiger partial charge is 0.478 e. The van der Waals surface area contributed by atoms with Crippen LogP contribution in [0.4, 0.5) is 22.7 Å². The number of anilines is 4. The lowest BCUT2D eigenvalue weighted by molar-refractivity contribution is 0.0698. The molecule has 25 heavy (non-hydrogen) atoms. The van der Waals surface area contributed by atoms with Crippen LogP contribution in [0.25, 0.3) is 0 Å². The van der Waals surface area contributed by atoms with Crippen molar-refractivity contribution in [3.8, 4) is 0 Å². The van der Waals surface area contributed by atoms with E-state index < -0.39 is 16.8 Å². The molecular weight excluding hydrogens is 503 g/mol. The molecule has 3 aromatic rings. The summed E-state index contributed by atoms with van der Waals surface area (Å²) in [4.78, 5) is 35.2. The van der Waals surface area contributed by atoms with E-state index in [1.165, 1.54) is 6.07 Å². The Bertz CT molecular complexity index is 1060. The van der Waals surface area contributed by atoms with Gasteiger partial charge in [-0.25, -0.2) is 4.79 Å². The zero-order valence-electron chi connectivity index (χ0n) is 12.5. The zero-order chi connectivity index (χ0) is 18.1. The quantitative estimate of drug-likeness (QED) is 0.355. The Hall–Kier alpha value is -2.20. The van der Waals surface area contributed by atoms with Crippen LogP contribution in [0.15, 0.2) is 56.5 Å². The average Bonchev–Trinajstić information content (AvgIpc) is 2.58. The maximum absolute atomic E-state index is 12.0. The molecule has 8 heteroatoms. The highest BCUT2D eigenvalue weighted by molar-refractivity contribution is 14.1. The van der Waals surface area contributed by atoms with Gasteiger partial charge in [0.25, 0.3) is 10.9 Å². The summed E-state index contributed by atoms with van der Waals surface area (Å²) in [6, 6.07) is 11.9. The number of halogens is 2. The Morgan fingerprint density at radius 3 is 2.24 bits per heavy atom. The van der Waals surface area contributed by atoms with Crippen LogP contribution >= 0.6 is 38.5 Å². The standard InChI is InChI=1S/C17H10BrIN2O4/c18-11-6-2-5-10(17(24)25)12(11)21-14-13(15(22)16(14)23)20-9-4-1-3-8(19)7-9/h1-7,20-21H,(H,24,25). The first-order valence-corrected chi connectivity index (χ1v) is 8.90. The van der Waals surface area contributed by atoms with Crippen LogP contribution in [0.5, 0.6) is 0 Å². The molecule has 0 spiro atoms. The molecule has 0 aromatic heterocycles. The number of rotatable bonds is 5. The first kappa shape index (κ1) is 17.6. The van der Waals surface area contributed by atoms with Gasteiger partial charge in [-0.05, 0) is 68.9 Å². The maximum atomic E-state index is 12.0. The summed E-state index contributed by atoms with van der Waals surface area (Å²) < 4.78 is 1.44. The van der Waals surface area contributed by atoms with E-state index in [9.17, 15) is 19.5 Å². The topological polar surface area (TPSA) is 95.5 Å². The molecule has 3 aromatic carbocycles. The summed E-state index contributed by atoms with van der Waals surface area (Å²) in [7, 11) is 0. The van der Waals surface area contributed by atoms with Gasteiger partial charge in [0.2, 0.25) is 0 Å². The van der Waals surface area contributed by atoms with Crippen LogP contribution < -0.4 is 21.5 Å². The van der Waals surface area contributed by atoms with Crippen molar-refractivity contribution in [1.82, 2.24) is 0 Å². The minimum absolute atomic E-state index is 0.0115. The number of hydrogen-bond acceptors (Lipinski definition) is 5. The molecule has 6 nitrogen and oxygen atoms in total. The van der Waals surface area contributed by atoms with Crippen molar-refractivity contribution in [3.05, 3.63) is 76.5 Å². The molecule has 3 rings (SSSR count). The number of aromatic carboxylic acids is 1. The lowest BCUT2D eigenvalue weighted by atomic mass is 10.1. The van der Waals surface area contributed by atoms with Crippen LogP contribution in [0.3, 0.4) is 0 Å². The lowest BCUT2D eigenvalue weighted by Crippen LogP contribution is -2.36. The second-order valence-electron chi connectivity index (χ2n) is 5.14. The van der Waals surface area contributed by atoms with E-state index in [4.69, 9.17) is 0 Å². The fraction of sp³-hybridized carbons (Fsp3) is 0. The third-order valence-electron chi connectivity index (χ3n) is 3.50. The van der Waals surface area contributed by atoms with Crippen molar-refractivity contribution >= 4 is 67.2 Å². The van der Waals surface area contributed by atoms with Gasteiger partial charge < -0.3 is 15.7 Å². The van der Waals surface area contributed by atoms with E-state index in [0.29, 0.717) is 10.2 Å². The molecule has 3 N–H and O–H groups in total. The third-order valence-corrected chi connectivity index (χ3v) is 4.83. The number of benzene rings is 2. The molecule has 0 amide bonds. The summed E-state index contributed by atoms with van der Waals surface area (Å²) in [6.07, 6.45) is 0. The Kier molecular flexibility index (Phi) is 4.91. The number of carboxylic acids is 1. The normalized spacial score (nSPS) is 10.6. The maximum Gasteiger partial charge on any atom is 0.337 e. The Labute approximate surface area is 163 Å². The van der Waals surface area contributed by atoms with Crippen molar-refractivity contribution in [1.29, 1.82) is 0 Å². The number of nitrogens with one attached hydrogen (secondary N) is 2. The van der Waals surface area contributed by atoms with Gasteiger partial charge in [-0.15, -0.1) is 0 Å². The van der Waals surface area contributed by atoms with Gasteiger partial charge in [0.05, 0.1) is 11.3 Å². The SMILES string of the molecule is O=C(O)c1cccc(Br)c1Nc1c(Nc2cccc(I)c2)c(=O)c1=O. The van der Waals surface area contributed by atoms with Crippen molar-refractivity contribution < 1.29 is 9.90 Å². The van der Waals surface area contributed by atoms with Gasteiger partial charge >= 0.3 is 5.97 Å². The minimum Gasteiger partial charge on any atom is -0.478 e. The van der Waals surface area contributed by atoms with E-state index in [1.54, 1.807) is 18.2 Å². The van der Waals surface area contributed by atoms with Crippen LogP contribution in [0.1, 0.15) is 10.4 Å². The molecule has 0 unspecified atom stereocenters. The van der Waals surface area contributed by atoms with Crippen molar-refractivity contribution in [2.75, 3.05) is 10.6 Å². The van der Waals surface area contributed by atoms with Gasteiger partial charge in [0.15, 0.2) is 0 Å². The second-order valence-corrected chi connectivity index (χ2v) is 7.24. The molecule has 126 valence electrons. The van der Waals surface area contributed by atoms with Crippen molar-refractivity contribution in [3.63, 3.8) is 0 Å². The molecule has 0 saturated heterocycles. The predicted molar refractivity (Wildman–Crippen MR) is 108 cm³/mol. The van der Waals surface area contributed by atoms with Crippen LogP contribution in [0, 0.1) is 3.57 Å². The molecule has 0 atom stereocenters. The van der Waals surface area contributed by atoms with Crippen LogP contribution in [-0.2, 0) is 0 Å². The number of para-hydroxylation sites is 1. The summed E-state index contributed by atoms with van der Waals surface area (Å²) in [5.41, 5.74) is -0.328. The third kappa shape index (κ3) is 3.45. The van der Waals surface area contributed by atoms with E-state index >= 15 is 0 Å². The fourth-order valence-electron chi connectivity index (χ4n) is 2.30.